The molecule has 0 fully saturated rings. The first kappa shape index (κ1) is 38.2. The van der Waals surface area contributed by atoms with Gasteiger partial charge in [0.1, 0.15) is 0 Å². The summed E-state index contributed by atoms with van der Waals surface area (Å²) in [6.45, 7) is 22.5. The van der Waals surface area contributed by atoms with E-state index in [0.29, 0.717) is 11.8 Å². The Morgan fingerprint density at radius 1 is 0.562 bits per heavy atom. The van der Waals surface area contributed by atoms with Crippen LogP contribution in [0.4, 0.5) is 0 Å². The first-order chi connectivity index (χ1) is 22.6. The van der Waals surface area contributed by atoms with E-state index in [-0.39, 0.29) is 10.8 Å². The molecule has 252 valence electrons. The zero-order valence-corrected chi connectivity index (χ0v) is 35.6. The minimum absolute atomic E-state index is 0.194. The second-order valence-electron chi connectivity index (χ2n) is 15.4. The van der Waals surface area contributed by atoms with Crippen molar-refractivity contribution in [2.75, 3.05) is 0 Å². The van der Waals surface area contributed by atoms with Crippen LogP contribution in [0.5, 0.6) is 0 Å². The maximum absolute atomic E-state index is 6.46. The minimum Gasteiger partial charge on any atom is -0.214 e. The predicted octanol–water partition coefficient (Wildman–Crippen LogP) is 14.1. The molecule has 6 aromatic rings. The molecule has 0 N–H and O–H groups in total. The van der Waals surface area contributed by atoms with Crippen LogP contribution in [-0.2, 0) is 29.4 Å². The monoisotopic (exact) mass is 842 g/mol. The van der Waals surface area contributed by atoms with E-state index >= 15 is 0 Å². The maximum Gasteiger partial charge on any atom is -0.172 e. The van der Waals surface area contributed by atoms with Crippen LogP contribution in [0.25, 0.3) is 21.5 Å². The van der Waals surface area contributed by atoms with Crippen molar-refractivity contribution in [3.05, 3.63) is 155 Å². The molecule has 0 aromatic heterocycles. The number of benzene rings is 4. The summed E-state index contributed by atoms with van der Waals surface area (Å²) < 4.78 is 1.18. The third-order valence-electron chi connectivity index (χ3n) is 8.92. The summed E-state index contributed by atoms with van der Waals surface area (Å²) in [5.41, 5.74) is 8.23. The third kappa shape index (κ3) is 9.99. The fourth-order valence-corrected chi connectivity index (χ4v) is 12.0. The van der Waals surface area contributed by atoms with Gasteiger partial charge in [0.15, 0.2) is 0 Å². The van der Waals surface area contributed by atoms with Crippen LogP contribution in [0.1, 0.15) is 114 Å². The van der Waals surface area contributed by atoms with Crippen molar-refractivity contribution >= 4 is 42.0 Å². The topological polar surface area (TPSA) is 0 Å². The Morgan fingerprint density at radius 2 is 0.938 bits per heavy atom. The maximum atomic E-state index is 6.46. The molecule has 0 radical (unpaired) electrons. The number of halogens is 2. The second kappa shape index (κ2) is 16.4. The molecule has 0 aliphatic carbocycles. The molecule has 0 atom stereocenters. The van der Waals surface area contributed by atoms with Gasteiger partial charge in [-0.1, -0.05) is 76.9 Å². The van der Waals surface area contributed by atoms with Crippen molar-refractivity contribution in [3.63, 3.8) is 0 Å². The molecule has 48 heavy (non-hydrogen) atoms. The predicted molar refractivity (Wildman–Crippen MR) is 212 cm³/mol. The van der Waals surface area contributed by atoms with Gasteiger partial charge in [-0.15, -0.1) is 39.7 Å². The molecule has 0 saturated heterocycles. The molecule has 0 amide bonds. The summed E-state index contributed by atoms with van der Waals surface area (Å²) in [7, 11) is 12.9. The molecule has 0 unspecified atom stereocenters. The number of fused-ring (bicyclic) bond motifs is 3. The minimum atomic E-state index is -2.71. The standard InChI is InChI=1S/C21H25.C19H22.C5H5.2ClH.Hf/c1-20(2,3)16-9-7-14-11-15-8-10-17(21(4,5)6)13-19(15)18(14)12-16;1-14(2)18-9-5-16(6-10-18)13-17-7-11-19(12-8-17)15(3)4;1-2-4-5-3-1;;;/h7-13H,1-6H3;5-12,14-15H,1-4H3;1-5H;2*1H;/q-1;;-1;;;+2/p-2. The number of hydrogen-bond donors (Lipinski definition) is 0. The first-order valence-electron chi connectivity index (χ1n) is 17.1. The van der Waals surface area contributed by atoms with E-state index in [4.69, 9.17) is 17.2 Å². The molecule has 0 nitrogen and oxygen atoms in total. The van der Waals surface area contributed by atoms with Gasteiger partial charge >= 0.3 is 149 Å². The van der Waals surface area contributed by atoms with Crippen molar-refractivity contribution in [2.24, 2.45) is 0 Å². The zero-order chi connectivity index (χ0) is 35.2. The molecule has 0 heterocycles. The summed E-state index contributed by atoms with van der Waals surface area (Å²) in [4.78, 5) is 0. The summed E-state index contributed by atoms with van der Waals surface area (Å²) in [5, 5.41) is 5.49. The average molecular weight is 842 g/mol. The second-order valence-corrected chi connectivity index (χ2v) is 26.8. The Bertz CT molecular complexity index is 1780. The molecule has 0 saturated carbocycles. The van der Waals surface area contributed by atoms with Gasteiger partial charge in [-0.25, -0.2) is 12.1 Å². The molecule has 0 aliphatic heterocycles. The van der Waals surface area contributed by atoms with Crippen molar-refractivity contribution in [2.45, 2.75) is 91.9 Å². The van der Waals surface area contributed by atoms with Crippen LogP contribution in [-0.4, -0.2) is 3.26 Å². The van der Waals surface area contributed by atoms with Crippen LogP contribution in [0, 0.1) is 0 Å². The van der Waals surface area contributed by atoms with Gasteiger partial charge in [-0.3, -0.25) is 0 Å². The summed E-state index contributed by atoms with van der Waals surface area (Å²) in [5.74, 6) is 1.07. The van der Waals surface area contributed by atoms with E-state index in [1.54, 1.807) is 0 Å². The van der Waals surface area contributed by atoms with Crippen LogP contribution in [0.2, 0.25) is 0 Å². The SMILES string of the molecule is CC(C)(C)c1ccc2[cH-]c3ccc(C(C)(C)C)cc3c2c1.CC(C)c1ccc([C](c2ccc(C(C)C)cc2)=[Hf]([Cl])[Cl])cc1.c1cc[cH-]c1. The third-order valence-corrected chi connectivity index (χ3v) is 15.4. The molecule has 0 aliphatic rings. The fraction of sp³-hybridized carbons (Fsp3) is 0.311. The smallest absolute Gasteiger partial charge is 0.172 e. The molecule has 0 spiro atoms. The van der Waals surface area contributed by atoms with Gasteiger partial charge < -0.3 is 0 Å². The zero-order valence-electron chi connectivity index (χ0n) is 30.5. The van der Waals surface area contributed by atoms with Crippen molar-refractivity contribution in [1.29, 1.82) is 0 Å². The van der Waals surface area contributed by atoms with Gasteiger partial charge in [0.2, 0.25) is 0 Å². The van der Waals surface area contributed by atoms with E-state index in [1.165, 1.54) is 58.2 Å². The Morgan fingerprint density at radius 3 is 1.21 bits per heavy atom. The van der Waals surface area contributed by atoms with E-state index in [0.717, 1.165) is 0 Å². The Hall–Kier alpha value is -2.58. The van der Waals surface area contributed by atoms with E-state index in [9.17, 15) is 0 Å². The van der Waals surface area contributed by atoms with Crippen LogP contribution in [0.15, 0.2) is 121 Å². The summed E-state index contributed by atoms with van der Waals surface area (Å²) in [6, 6.07) is 43.5. The summed E-state index contributed by atoms with van der Waals surface area (Å²) in [6.07, 6.45) is 0. The molecule has 6 aromatic carbocycles. The molecule has 0 bridgehead atoms. The van der Waals surface area contributed by atoms with Gasteiger partial charge in [-0.05, 0) is 10.8 Å². The van der Waals surface area contributed by atoms with Gasteiger partial charge in [0.05, 0.1) is 0 Å². The Labute approximate surface area is 305 Å². The van der Waals surface area contributed by atoms with Crippen LogP contribution in [0.3, 0.4) is 0 Å². The number of rotatable bonds is 4. The fourth-order valence-electron chi connectivity index (χ4n) is 5.71. The Kier molecular flexibility index (Phi) is 13.1. The molecular weight excluding hydrogens is 790 g/mol. The molecule has 3 heteroatoms. The van der Waals surface area contributed by atoms with Crippen molar-refractivity contribution < 1.29 is 18.6 Å². The Balaban J connectivity index is 0.000000189. The molecular formula is C45H52Cl2Hf-2. The summed E-state index contributed by atoms with van der Waals surface area (Å²) >= 11 is -2.71. The van der Waals surface area contributed by atoms with Gasteiger partial charge in [-0.2, -0.15) is 18.2 Å². The van der Waals surface area contributed by atoms with Crippen LogP contribution < -0.4 is 0 Å². The largest absolute Gasteiger partial charge is 0.214 e. The van der Waals surface area contributed by atoms with Gasteiger partial charge in [0, 0.05) is 0 Å². The van der Waals surface area contributed by atoms with Crippen molar-refractivity contribution in [1.82, 2.24) is 0 Å². The average Bonchev–Trinajstić information content (AvgIpc) is 3.73. The van der Waals surface area contributed by atoms with Gasteiger partial charge in [0.25, 0.3) is 0 Å². The molecule has 6 rings (SSSR count). The van der Waals surface area contributed by atoms with E-state index in [2.05, 4.69) is 160 Å². The van der Waals surface area contributed by atoms with Crippen LogP contribution >= 0.6 is 17.2 Å². The van der Waals surface area contributed by atoms with Crippen molar-refractivity contribution in [3.8, 4) is 0 Å². The van der Waals surface area contributed by atoms with E-state index < -0.39 is 18.6 Å². The van der Waals surface area contributed by atoms with E-state index in [1.807, 2.05) is 30.3 Å². The first-order valence-corrected chi connectivity index (χ1v) is 27.8. The number of hydrogen-bond acceptors (Lipinski definition) is 0. The quantitative estimate of drug-likeness (QED) is 0.123. The normalized spacial score (nSPS) is 11.7.